The highest BCUT2D eigenvalue weighted by molar-refractivity contribution is 9.09. The molecule has 0 bridgehead atoms. The Morgan fingerprint density at radius 3 is 2.33 bits per heavy atom. The van der Waals surface area contributed by atoms with Crippen LogP contribution in [0, 0.1) is 19.8 Å². The molecule has 0 N–H and O–H groups in total. The van der Waals surface area contributed by atoms with Crippen LogP contribution in [0.4, 0.5) is 0 Å². The third-order valence-electron chi connectivity index (χ3n) is 2.56. The Labute approximate surface area is 106 Å². The number of benzene rings is 1. The van der Waals surface area contributed by atoms with Crippen molar-refractivity contribution in [1.29, 1.82) is 0 Å². The second-order valence-electron chi connectivity index (χ2n) is 4.56. The van der Waals surface area contributed by atoms with E-state index in [4.69, 9.17) is 11.6 Å². The maximum absolute atomic E-state index is 6.08. The fourth-order valence-electron chi connectivity index (χ4n) is 1.68. The maximum atomic E-state index is 6.08. The van der Waals surface area contributed by atoms with Gasteiger partial charge in [-0.1, -0.05) is 47.4 Å². The summed E-state index contributed by atoms with van der Waals surface area (Å²) in [6, 6.07) is 4.25. The van der Waals surface area contributed by atoms with Gasteiger partial charge in [0.15, 0.2) is 0 Å². The summed E-state index contributed by atoms with van der Waals surface area (Å²) in [6.45, 7) is 8.66. The zero-order chi connectivity index (χ0) is 11.6. The van der Waals surface area contributed by atoms with Crippen LogP contribution < -0.4 is 0 Å². The lowest BCUT2D eigenvalue weighted by Gasteiger charge is -2.16. The van der Waals surface area contributed by atoms with Gasteiger partial charge in [-0.15, -0.1) is 0 Å². The van der Waals surface area contributed by atoms with Gasteiger partial charge in [-0.25, -0.2) is 0 Å². The van der Waals surface area contributed by atoms with E-state index in [1.54, 1.807) is 0 Å². The Bertz CT molecular complexity index is 345. The van der Waals surface area contributed by atoms with Crippen LogP contribution in [0.1, 0.15) is 41.8 Å². The van der Waals surface area contributed by atoms with E-state index in [1.165, 1.54) is 11.1 Å². The molecule has 0 spiro atoms. The van der Waals surface area contributed by atoms with Gasteiger partial charge in [0, 0.05) is 9.85 Å². The van der Waals surface area contributed by atoms with Crippen LogP contribution in [0.3, 0.4) is 0 Å². The van der Waals surface area contributed by atoms with E-state index in [-0.39, 0.29) is 0 Å². The average Bonchev–Trinajstić information content (AvgIpc) is 2.09. The van der Waals surface area contributed by atoms with Crippen molar-refractivity contribution in [2.75, 3.05) is 0 Å². The summed E-state index contributed by atoms with van der Waals surface area (Å²) in [5, 5.41) is 0.862. The normalized spacial score (nSPS) is 13.3. The molecule has 1 aromatic carbocycles. The SMILES string of the molecule is Cc1cc(C(Br)CC(C)C)c(C)cc1Cl. The zero-order valence-electron chi connectivity index (χ0n) is 9.77. The molecule has 84 valence electrons. The van der Waals surface area contributed by atoms with E-state index in [0.717, 1.165) is 17.0 Å². The summed E-state index contributed by atoms with van der Waals surface area (Å²) in [5.41, 5.74) is 3.80. The molecule has 2 heteroatoms. The Hall–Kier alpha value is -0.0100. The Morgan fingerprint density at radius 2 is 1.80 bits per heavy atom. The van der Waals surface area contributed by atoms with Gasteiger partial charge < -0.3 is 0 Å². The van der Waals surface area contributed by atoms with E-state index < -0.39 is 0 Å². The summed E-state index contributed by atoms with van der Waals surface area (Å²) in [6.07, 6.45) is 1.15. The molecule has 0 amide bonds. The van der Waals surface area contributed by atoms with Crippen molar-refractivity contribution >= 4 is 27.5 Å². The van der Waals surface area contributed by atoms with Gasteiger partial charge >= 0.3 is 0 Å². The number of hydrogen-bond acceptors (Lipinski definition) is 0. The van der Waals surface area contributed by atoms with Gasteiger partial charge in [-0.2, -0.15) is 0 Å². The van der Waals surface area contributed by atoms with Crippen LogP contribution in [0.15, 0.2) is 12.1 Å². The van der Waals surface area contributed by atoms with Crippen molar-refractivity contribution in [3.8, 4) is 0 Å². The summed E-state index contributed by atoms with van der Waals surface area (Å²) < 4.78 is 0. The summed E-state index contributed by atoms with van der Waals surface area (Å²) in [7, 11) is 0. The van der Waals surface area contributed by atoms with Gasteiger partial charge in [0.05, 0.1) is 0 Å². The van der Waals surface area contributed by atoms with Gasteiger partial charge in [-0.05, 0) is 48.9 Å². The molecular formula is C13H18BrCl. The van der Waals surface area contributed by atoms with Gasteiger partial charge in [0.1, 0.15) is 0 Å². The minimum atomic E-state index is 0.438. The highest BCUT2D eigenvalue weighted by atomic mass is 79.9. The summed E-state index contributed by atoms with van der Waals surface area (Å²) in [5.74, 6) is 0.699. The third-order valence-corrected chi connectivity index (χ3v) is 3.84. The first-order valence-electron chi connectivity index (χ1n) is 5.32. The molecule has 1 unspecified atom stereocenters. The Morgan fingerprint density at radius 1 is 1.20 bits per heavy atom. The van der Waals surface area contributed by atoms with Crippen molar-refractivity contribution < 1.29 is 0 Å². The molecule has 1 atom stereocenters. The molecule has 0 heterocycles. The molecule has 0 nitrogen and oxygen atoms in total. The standard InChI is InChI=1S/C13H18BrCl/c1-8(2)5-12(14)11-6-10(4)13(15)7-9(11)3/h6-8,12H,5H2,1-4H3. The van der Waals surface area contributed by atoms with Gasteiger partial charge in [0.2, 0.25) is 0 Å². The van der Waals surface area contributed by atoms with Crippen molar-refractivity contribution in [2.45, 2.75) is 38.9 Å². The van der Waals surface area contributed by atoms with Crippen molar-refractivity contribution in [3.05, 3.63) is 33.8 Å². The maximum Gasteiger partial charge on any atom is 0.0438 e. The molecule has 1 aromatic rings. The van der Waals surface area contributed by atoms with Crippen LogP contribution in [0.2, 0.25) is 5.02 Å². The smallest absolute Gasteiger partial charge is 0.0438 e. The van der Waals surface area contributed by atoms with E-state index in [0.29, 0.717) is 10.7 Å². The average molecular weight is 290 g/mol. The largest absolute Gasteiger partial charge is 0.0840 e. The molecule has 0 fully saturated rings. The highest BCUT2D eigenvalue weighted by Gasteiger charge is 2.13. The second kappa shape index (κ2) is 5.36. The third kappa shape index (κ3) is 3.49. The van der Waals surface area contributed by atoms with Crippen LogP contribution in [-0.4, -0.2) is 0 Å². The number of aryl methyl sites for hydroxylation is 2. The number of alkyl halides is 1. The predicted molar refractivity (Wildman–Crippen MR) is 72.0 cm³/mol. The van der Waals surface area contributed by atoms with Crippen LogP contribution in [0.25, 0.3) is 0 Å². The molecule has 0 aromatic heterocycles. The van der Waals surface area contributed by atoms with E-state index in [9.17, 15) is 0 Å². The van der Waals surface area contributed by atoms with Crippen LogP contribution in [-0.2, 0) is 0 Å². The van der Waals surface area contributed by atoms with E-state index in [1.807, 2.05) is 0 Å². The van der Waals surface area contributed by atoms with E-state index in [2.05, 4.69) is 55.8 Å². The molecule has 0 radical (unpaired) electrons. The summed E-state index contributed by atoms with van der Waals surface area (Å²) >= 11 is 9.83. The zero-order valence-corrected chi connectivity index (χ0v) is 12.1. The minimum Gasteiger partial charge on any atom is -0.0840 e. The quantitative estimate of drug-likeness (QED) is 0.650. The van der Waals surface area contributed by atoms with Crippen LogP contribution in [0.5, 0.6) is 0 Å². The lowest BCUT2D eigenvalue weighted by Crippen LogP contribution is -1.99. The molecule has 15 heavy (non-hydrogen) atoms. The first-order chi connectivity index (χ1) is 6.91. The van der Waals surface area contributed by atoms with Crippen molar-refractivity contribution in [3.63, 3.8) is 0 Å². The number of halogens is 2. The second-order valence-corrected chi connectivity index (χ2v) is 6.07. The molecule has 0 aliphatic heterocycles. The molecule has 0 aliphatic rings. The first kappa shape index (κ1) is 13.1. The fraction of sp³-hybridized carbons (Fsp3) is 0.538. The van der Waals surface area contributed by atoms with Gasteiger partial charge in [-0.3, -0.25) is 0 Å². The Kier molecular flexibility index (Phi) is 4.66. The topological polar surface area (TPSA) is 0 Å². The monoisotopic (exact) mass is 288 g/mol. The Balaban J connectivity index is 2.98. The van der Waals surface area contributed by atoms with E-state index >= 15 is 0 Å². The summed E-state index contributed by atoms with van der Waals surface area (Å²) in [4.78, 5) is 0.438. The minimum absolute atomic E-state index is 0.438. The molecule has 1 rings (SSSR count). The fourth-order valence-corrected chi connectivity index (χ4v) is 3.14. The van der Waals surface area contributed by atoms with Crippen LogP contribution >= 0.6 is 27.5 Å². The molecule has 0 saturated carbocycles. The first-order valence-corrected chi connectivity index (χ1v) is 6.62. The predicted octanol–water partition coefficient (Wildman–Crippen LogP) is 5.44. The molecular weight excluding hydrogens is 272 g/mol. The lowest BCUT2D eigenvalue weighted by molar-refractivity contribution is 0.582. The molecule has 0 saturated heterocycles. The van der Waals surface area contributed by atoms with Crippen molar-refractivity contribution in [1.82, 2.24) is 0 Å². The lowest BCUT2D eigenvalue weighted by atomic mass is 9.97. The van der Waals surface area contributed by atoms with Crippen molar-refractivity contribution in [2.24, 2.45) is 5.92 Å². The van der Waals surface area contributed by atoms with Gasteiger partial charge in [0.25, 0.3) is 0 Å². The number of hydrogen-bond donors (Lipinski definition) is 0. The number of rotatable bonds is 3. The highest BCUT2D eigenvalue weighted by Crippen LogP contribution is 2.34. The molecule has 0 aliphatic carbocycles.